The molecule has 0 aromatic carbocycles. The van der Waals surface area contributed by atoms with Crippen LogP contribution in [0.15, 0.2) is 0 Å². The molecule has 0 radical (unpaired) electrons. The van der Waals surface area contributed by atoms with Gasteiger partial charge in [-0.3, -0.25) is 5.41 Å². The first-order valence-corrected chi connectivity index (χ1v) is 6.47. The highest BCUT2D eigenvalue weighted by Crippen LogP contribution is 2.27. The Labute approximate surface area is 99.9 Å². The summed E-state index contributed by atoms with van der Waals surface area (Å²) < 4.78 is 0. The lowest BCUT2D eigenvalue weighted by Gasteiger charge is -2.32. The molecular formula is C13H27N3. The summed E-state index contributed by atoms with van der Waals surface area (Å²) in [5.74, 6) is 1.10. The normalized spacial score (nSPS) is 18.8. The summed E-state index contributed by atoms with van der Waals surface area (Å²) in [4.78, 5) is 1.99. The number of rotatable bonds is 3. The maximum absolute atomic E-state index is 7.38. The van der Waals surface area contributed by atoms with E-state index in [2.05, 4.69) is 20.8 Å². The minimum Gasteiger partial charge on any atom is -0.370 e. The second-order valence-corrected chi connectivity index (χ2v) is 6.27. The lowest BCUT2D eigenvalue weighted by molar-refractivity contribution is 0.239. The molecule has 3 N–H and O–H groups in total. The molecule has 1 heterocycles. The minimum atomic E-state index is 0.244. The highest BCUT2D eigenvalue weighted by atomic mass is 15.2. The smallest absolute Gasteiger partial charge is 0.188 e. The maximum atomic E-state index is 7.38. The van der Waals surface area contributed by atoms with Gasteiger partial charge in [0.05, 0.1) is 0 Å². The number of nitrogens with one attached hydrogen (secondary N) is 1. The van der Waals surface area contributed by atoms with Gasteiger partial charge in [-0.15, -0.1) is 0 Å². The molecule has 0 atom stereocenters. The molecule has 0 spiro atoms. The summed E-state index contributed by atoms with van der Waals surface area (Å²) in [6.07, 6.45) is 6.44. The third kappa shape index (κ3) is 4.86. The van der Waals surface area contributed by atoms with E-state index in [-0.39, 0.29) is 5.96 Å². The predicted octanol–water partition coefficient (Wildman–Crippen LogP) is 2.81. The molecule has 0 bridgehead atoms. The highest BCUT2D eigenvalue weighted by Gasteiger charge is 2.20. The van der Waals surface area contributed by atoms with E-state index in [0.717, 1.165) is 19.0 Å². The number of hydrogen-bond donors (Lipinski definition) is 2. The van der Waals surface area contributed by atoms with Crippen molar-refractivity contribution in [3.8, 4) is 0 Å². The van der Waals surface area contributed by atoms with Gasteiger partial charge in [-0.25, -0.2) is 0 Å². The Morgan fingerprint density at radius 3 is 2.31 bits per heavy atom. The molecule has 1 saturated heterocycles. The van der Waals surface area contributed by atoms with Crippen molar-refractivity contribution in [2.24, 2.45) is 17.1 Å². The highest BCUT2D eigenvalue weighted by molar-refractivity contribution is 5.74. The van der Waals surface area contributed by atoms with E-state index in [9.17, 15) is 0 Å². The van der Waals surface area contributed by atoms with Gasteiger partial charge in [-0.1, -0.05) is 33.6 Å². The van der Waals surface area contributed by atoms with Gasteiger partial charge in [0.25, 0.3) is 0 Å². The Kier molecular flexibility index (Phi) is 4.63. The molecule has 0 aromatic heterocycles. The average Bonchev–Trinajstić information content (AvgIpc) is 2.16. The standard InChI is InChI=1S/C13H27N3/c1-13(2,3)8-4-5-11-6-9-16(10-7-11)12(14)15/h11H,4-10H2,1-3H3,(H3,14,15). The van der Waals surface area contributed by atoms with Crippen molar-refractivity contribution in [3.05, 3.63) is 0 Å². The van der Waals surface area contributed by atoms with Crippen LogP contribution in [0.3, 0.4) is 0 Å². The molecule has 1 rings (SSSR count). The second kappa shape index (κ2) is 5.55. The van der Waals surface area contributed by atoms with Gasteiger partial charge in [0.2, 0.25) is 0 Å². The number of guanidine groups is 1. The summed E-state index contributed by atoms with van der Waals surface area (Å²) in [6, 6.07) is 0. The second-order valence-electron chi connectivity index (χ2n) is 6.27. The predicted molar refractivity (Wildman–Crippen MR) is 69.5 cm³/mol. The van der Waals surface area contributed by atoms with Crippen molar-refractivity contribution < 1.29 is 0 Å². The molecule has 0 amide bonds. The summed E-state index contributed by atoms with van der Waals surface area (Å²) >= 11 is 0. The number of likely N-dealkylation sites (tertiary alicyclic amines) is 1. The van der Waals surface area contributed by atoms with Crippen LogP contribution in [0.5, 0.6) is 0 Å². The zero-order chi connectivity index (χ0) is 12.2. The zero-order valence-corrected chi connectivity index (χ0v) is 11.1. The molecular weight excluding hydrogens is 198 g/mol. The maximum Gasteiger partial charge on any atom is 0.188 e. The van der Waals surface area contributed by atoms with Crippen LogP contribution >= 0.6 is 0 Å². The van der Waals surface area contributed by atoms with E-state index in [1.807, 2.05) is 4.90 Å². The summed E-state index contributed by atoms with van der Waals surface area (Å²) in [7, 11) is 0. The number of nitrogens with zero attached hydrogens (tertiary/aromatic N) is 1. The molecule has 1 fully saturated rings. The van der Waals surface area contributed by atoms with Crippen molar-refractivity contribution in [1.82, 2.24) is 4.90 Å². The molecule has 0 unspecified atom stereocenters. The van der Waals surface area contributed by atoms with Crippen LogP contribution < -0.4 is 5.73 Å². The van der Waals surface area contributed by atoms with Crippen LogP contribution in [0.4, 0.5) is 0 Å². The molecule has 1 aliphatic heterocycles. The number of hydrogen-bond acceptors (Lipinski definition) is 1. The lowest BCUT2D eigenvalue weighted by atomic mass is 9.85. The van der Waals surface area contributed by atoms with Crippen molar-refractivity contribution in [1.29, 1.82) is 5.41 Å². The lowest BCUT2D eigenvalue weighted by Crippen LogP contribution is -2.42. The molecule has 94 valence electrons. The summed E-state index contributed by atoms with van der Waals surface area (Å²) in [5.41, 5.74) is 5.95. The Balaban J connectivity index is 2.15. The Morgan fingerprint density at radius 2 is 1.88 bits per heavy atom. The van der Waals surface area contributed by atoms with Crippen LogP contribution in [-0.4, -0.2) is 23.9 Å². The van der Waals surface area contributed by atoms with E-state index in [0.29, 0.717) is 5.41 Å². The zero-order valence-electron chi connectivity index (χ0n) is 11.1. The van der Waals surface area contributed by atoms with Crippen molar-refractivity contribution in [3.63, 3.8) is 0 Å². The van der Waals surface area contributed by atoms with Crippen LogP contribution in [0.1, 0.15) is 52.9 Å². The van der Waals surface area contributed by atoms with Gasteiger partial charge >= 0.3 is 0 Å². The fraction of sp³-hybridized carbons (Fsp3) is 0.923. The van der Waals surface area contributed by atoms with E-state index >= 15 is 0 Å². The van der Waals surface area contributed by atoms with E-state index in [4.69, 9.17) is 11.1 Å². The Bertz CT molecular complexity index is 222. The van der Waals surface area contributed by atoms with Gasteiger partial charge in [-0.2, -0.15) is 0 Å². The van der Waals surface area contributed by atoms with Crippen LogP contribution in [-0.2, 0) is 0 Å². The van der Waals surface area contributed by atoms with E-state index in [1.54, 1.807) is 0 Å². The Morgan fingerprint density at radius 1 is 1.31 bits per heavy atom. The summed E-state index contributed by atoms with van der Waals surface area (Å²) in [6.45, 7) is 8.90. The first-order chi connectivity index (χ1) is 7.38. The SMILES string of the molecule is CC(C)(C)CCCC1CCN(C(=N)N)CC1. The molecule has 0 aromatic rings. The van der Waals surface area contributed by atoms with Crippen molar-refractivity contribution in [2.45, 2.75) is 52.9 Å². The van der Waals surface area contributed by atoms with Crippen LogP contribution in [0, 0.1) is 16.7 Å². The first kappa shape index (κ1) is 13.3. The van der Waals surface area contributed by atoms with Crippen LogP contribution in [0.2, 0.25) is 0 Å². The van der Waals surface area contributed by atoms with Gasteiger partial charge in [0.15, 0.2) is 5.96 Å². The largest absolute Gasteiger partial charge is 0.370 e. The number of piperidine rings is 1. The van der Waals surface area contributed by atoms with Crippen LogP contribution in [0.25, 0.3) is 0 Å². The minimum absolute atomic E-state index is 0.244. The average molecular weight is 225 g/mol. The summed E-state index contributed by atoms with van der Waals surface area (Å²) in [5, 5.41) is 7.38. The van der Waals surface area contributed by atoms with Gasteiger partial charge in [0, 0.05) is 13.1 Å². The fourth-order valence-corrected chi connectivity index (χ4v) is 2.38. The molecule has 0 aliphatic carbocycles. The first-order valence-electron chi connectivity index (χ1n) is 6.47. The van der Waals surface area contributed by atoms with Gasteiger partial charge in [-0.05, 0) is 30.6 Å². The quantitative estimate of drug-likeness (QED) is 0.573. The monoisotopic (exact) mass is 225 g/mol. The van der Waals surface area contributed by atoms with Gasteiger partial charge in [0.1, 0.15) is 0 Å². The van der Waals surface area contributed by atoms with Gasteiger partial charge < -0.3 is 10.6 Å². The van der Waals surface area contributed by atoms with Crippen molar-refractivity contribution in [2.75, 3.05) is 13.1 Å². The fourth-order valence-electron chi connectivity index (χ4n) is 2.38. The van der Waals surface area contributed by atoms with Crippen molar-refractivity contribution >= 4 is 5.96 Å². The molecule has 3 heteroatoms. The molecule has 0 saturated carbocycles. The molecule has 16 heavy (non-hydrogen) atoms. The number of nitrogens with two attached hydrogens (primary N) is 1. The topological polar surface area (TPSA) is 53.1 Å². The third-order valence-electron chi connectivity index (χ3n) is 3.49. The van der Waals surface area contributed by atoms with E-state index < -0.39 is 0 Å². The Hall–Kier alpha value is -0.730. The molecule has 3 nitrogen and oxygen atoms in total. The third-order valence-corrected chi connectivity index (χ3v) is 3.49. The van der Waals surface area contributed by atoms with E-state index in [1.165, 1.54) is 32.1 Å². The molecule has 1 aliphatic rings.